The molecule has 1 heterocycles. The summed E-state index contributed by atoms with van der Waals surface area (Å²) in [6.45, 7) is -0.663. The average Bonchev–Trinajstić information content (AvgIpc) is 3.14. The Kier molecular flexibility index (Phi) is 6.99. The number of methoxy groups -OCH3 is 1. The highest BCUT2D eigenvalue weighted by molar-refractivity contribution is 7.08. The SMILES string of the molecule is COc1ccc(Cl)cc1NC(=O)CN(C)C(=O)COC(=O)c1ccsc1. The minimum Gasteiger partial charge on any atom is -0.495 e. The Bertz CT molecular complexity index is 794. The van der Waals surface area contributed by atoms with E-state index in [4.69, 9.17) is 21.1 Å². The van der Waals surface area contributed by atoms with E-state index in [9.17, 15) is 14.4 Å². The Labute approximate surface area is 159 Å². The van der Waals surface area contributed by atoms with Crippen LogP contribution in [0, 0.1) is 0 Å². The van der Waals surface area contributed by atoms with E-state index in [1.54, 1.807) is 35.0 Å². The lowest BCUT2D eigenvalue weighted by Gasteiger charge is -2.17. The number of thiophene rings is 1. The lowest BCUT2D eigenvalue weighted by Crippen LogP contribution is -2.37. The number of anilines is 1. The number of halogens is 1. The molecule has 26 heavy (non-hydrogen) atoms. The van der Waals surface area contributed by atoms with E-state index in [1.807, 2.05) is 0 Å². The highest BCUT2D eigenvalue weighted by Crippen LogP contribution is 2.27. The van der Waals surface area contributed by atoms with Gasteiger partial charge < -0.3 is 19.7 Å². The molecule has 0 aliphatic rings. The lowest BCUT2D eigenvalue weighted by atomic mass is 10.3. The fraction of sp³-hybridized carbons (Fsp3) is 0.235. The number of hydrogen-bond donors (Lipinski definition) is 1. The van der Waals surface area contributed by atoms with Crippen molar-refractivity contribution in [2.24, 2.45) is 0 Å². The number of nitrogens with one attached hydrogen (secondary N) is 1. The number of benzene rings is 1. The number of rotatable bonds is 7. The Morgan fingerprint density at radius 3 is 2.69 bits per heavy atom. The molecule has 0 spiro atoms. The van der Waals surface area contributed by atoms with Crippen LogP contribution < -0.4 is 10.1 Å². The number of amides is 2. The van der Waals surface area contributed by atoms with E-state index < -0.39 is 24.4 Å². The van der Waals surface area contributed by atoms with Gasteiger partial charge in [-0.25, -0.2) is 4.79 Å². The van der Waals surface area contributed by atoms with Crippen LogP contribution in [0.25, 0.3) is 0 Å². The minimum atomic E-state index is -0.582. The Morgan fingerprint density at radius 2 is 2.04 bits per heavy atom. The molecule has 0 atom stereocenters. The van der Waals surface area contributed by atoms with E-state index in [1.165, 1.54) is 25.5 Å². The molecule has 7 nitrogen and oxygen atoms in total. The molecular weight excluding hydrogens is 380 g/mol. The highest BCUT2D eigenvalue weighted by Gasteiger charge is 2.17. The van der Waals surface area contributed by atoms with Crippen molar-refractivity contribution in [3.63, 3.8) is 0 Å². The van der Waals surface area contributed by atoms with Crippen LogP contribution >= 0.6 is 22.9 Å². The van der Waals surface area contributed by atoms with Crippen LogP contribution in [0.1, 0.15) is 10.4 Å². The molecule has 2 rings (SSSR count). The van der Waals surface area contributed by atoms with Crippen molar-refractivity contribution < 1.29 is 23.9 Å². The van der Waals surface area contributed by atoms with Gasteiger partial charge in [0.05, 0.1) is 24.9 Å². The Morgan fingerprint density at radius 1 is 1.27 bits per heavy atom. The summed E-state index contributed by atoms with van der Waals surface area (Å²) in [5.74, 6) is -1.07. The summed E-state index contributed by atoms with van der Waals surface area (Å²) in [6.07, 6.45) is 0. The molecule has 0 saturated heterocycles. The predicted octanol–water partition coefficient (Wildman–Crippen LogP) is 2.66. The summed E-state index contributed by atoms with van der Waals surface area (Å²) in [6, 6.07) is 6.40. The van der Waals surface area contributed by atoms with Gasteiger partial charge >= 0.3 is 5.97 Å². The molecule has 2 amide bonds. The number of ether oxygens (including phenoxy) is 2. The molecule has 1 aromatic carbocycles. The van der Waals surface area contributed by atoms with Crippen LogP contribution in [0.3, 0.4) is 0 Å². The maximum absolute atomic E-state index is 12.1. The molecule has 0 fully saturated rings. The van der Waals surface area contributed by atoms with E-state index in [2.05, 4.69) is 5.32 Å². The van der Waals surface area contributed by atoms with E-state index in [-0.39, 0.29) is 6.54 Å². The largest absolute Gasteiger partial charge is 0.495 e. The standard InChI is InChI=1S/C17H17ClN2O5S/c1-20(16(22)9-25-17(23)11-5-6-26-10-11)8-15(21)19-13-7-12(18)3-4-14(13)24-2/h3-7,10H,8-9H2,1-2H3,(H,19,21). The molecule has 0 radical (unpaired) electrons. The van der Waals surface area contributed by atoms with Gasteiger partial charge in [-0.15, -0.1) is 0 Å². The smallest absolute Gasteiger partial charge is 0.339 e. The normalized spacial score (nSPS) is 10.1. The van der Waals surface area contributed by atoms with Gasteiger partial charge in [0.15, 0.2) is 6.61 Å². The summed E-state index contributed by atoms with van der Waals surface area (Å²) in [5, 5.41) is 6.43. The highest BCUT2D eigenvalue weighted by atomic mass is 35.5. The Balaban J connectivity index is 1.85. The summed E-state index contributed by atoms with van der Waals surface area (Å²) in [5.41, 5.74) is 0.783. The van der Waals surface area contributed by atoms with Crippen LogP contribution in [0.5, 0.6) is 5.75 Å². The van der Waals surface area contributed by atoms with Gasteiger partial charge in [-0.05, 0) is 29.6 Å². The van der Waals surface area contributed by atoms with Crippen LogP contribution in [0.15, 0.2) is 35.0 Å². The maximum Gasteiger partial charge on any atom is 0.339 e. The van der Waals surface area contributed by atoms with Crippen LogP contribution in [0.2, 0.25) is 5.02 Å². The molecule has 1 N–H and O–H groups in total. The van der Waals surface area contributed by atoms with Gasteiger partial charge in [0.2, 0.25) is 5.91 Å². The molecular formula is C17H17ClN2O5S. The molecule has 0 unspecified atom stereocenters. The monoisotopic (exact) mass is 396 g/mol. The van der Waals surface area contributed by atoms with Gasteiger partial charge in [0.25, 0.3) is 5.91 Å². The third kappa shape index (κ3) is 5.47. The van der Waals surface area contributed by atoms with Crippen LogP contribution in [-0.2, 0) is 14.3 Å². The molecule has 2 aromatic rings. The number of esters is 1. The molecule has 0 aliphatic carbocycles. The Hall–Kier alpha value is -2.58. The van der Waals surface area contributed by atoms with Crippen molar-refractivity contribution in [1.29, 1.82) is 0 Å². The first kappa shape index (κ1) is 19.7. The van der Waals surface area contributed by atoms with Crippen molar-refractivity contribution >= 4 is 46.4 Å². The predicted molar refractivity (Wildman–Crippen MR) is 98.9 cm³/mol. The van der Waals surface area contributed by atoms with Crippen molar-refractivity contribution in [2.45, 2.75) is 0 Å². The molecule has 0 saturated carbocycles. The van der Waals surface area contributed by atoms with Gasteiger partial charge in [0, 0.05) is 17.5 Å². The summed E-state index contributed by atoms with van der Waals surface area (Å²) in [7, 11) is 2.91. The molecule has 1 aromatic heterocycles. The minimum absolute atomic E-state index is 0.218. The van der Waals surface area contributed by atoms with Crippen LogP contribution in [-0.4, -0.2) is 50.0 Å². The van der Waals surface area contributed by atoms with E-state index >= 15 is 0 Å². The summed E-state index contributed by atoms with van der Waals surface area (Å²) < 4.78 is 10.1. The maximum atomic E-state index is 12.1. The van der Waals surface area contributed by atoms with Crippen LogP contribution in [0.4, 0.5) is 5.69 Å². The number of nitrogens with zero attached hydrogens (tertiary/aromatic N) is 1. The van der Waals surface area contributed by atoms with E-state index in [0.717, 1.165) is 4.90 Å². The summed E-state index contributed by atoms with van der Waals surface area (Å²) in [4.78, 5) is 37.0. The summed E-state index contributed by atoms with van der Waals surface area (Å²) >= 11 is 7.26. The average molecular weight is 397 g/mol. The number of hydrogen-bond acceptors (Lipinski definition) is 6. The van der Waals surface area contributed by atoms with Crippen molar-refractivity contribution in [3.05, 3.63) is 45.6 Å². The van der Waals surface area contributed by atoms with Crippen molar-refractivity contribution in [3.8, 4) is 5.75 Å². The zero-order valence-electron chi connectivity index (χ0n) is 14.2. The topological polar surface area (TPSA) is 84.9 Å². The molecule has 0 bridgehead atoms. The third-order valence-electron chi connectivity index (χ3n) is 3.33. The van der Waals surface area contributed by atoms with Crippen molar-refractivity contribution in [2.75, 3.05) is 32.6 Å². The van der Waals surface area contributed by atoms with Gasteiger partial charge in [0.1, 0.15) is 5.75 Å². The molecule has 9 heteroatoms. The zero-order valence-corrected chi connectivity index (χ0v) is 15.7. The first-order valence-electron chi connectivity index (χ1n) is 7.47. The van der Waals surface area contributed by atoms with Gasteiger partial charge in [-0.1, -0.05) is 11.6 Å². The number of likely N-dealkylation sites (N-methyl/N-ethyl adjacent to an activating group) is 1. The molecule has 0 aliphatic heterocycles. The fourth-order valence-electron chi connectivity index (χ4n) is 1.97. The first-order chi connectivity index (χ1) is 12.4. The number of carbonyl (C=O) groups excluding carboxylic acids is 3. The number of carbonyl (C=O) groups is 3. The second-order valence-electron chi connectivity index (χ2n) is 5.23. The second-order valence-corrected chi connectivity index (χ2v) is 6.45. The van der Waals surface area contributed by atoms with Gasteiger partial charge in [-0.3, -0.25) is 9.59 Å². The van der Waals surface area contributed by atoms with E-state index in [0.29, 0.717) is 22.0 Å². The quantitative estimate of drug-likeness (QED) is 0.727. The molecule has 138 valence electrons. The third-order valence-corrected chi connectivity index (χ3v) is 4.24. The van der Waals surface area contributed by atoms with Crippen molar-refractivity contribution in [1.82, 2.24) is 4.90 Å². The zero-order chi connectivity index (χ0) is 19.1. The lowest BCUT2D eigenvalue weighted by molar-refractivity contribution is -0.136. The second kappa shape index (κ2) is 9.21. The first-order valence-corrected chi connectivity index (χ1v) is 8.79. The van der Waals surface area contributed by atoms with Gasteiger partial charge in [-0.2, -0.15) is 11.3 Å². The fourth-order valence-corrected chi connectivity index (χ4v) is 2.77.